The van der Waals surface area contributed by atoms with E-state index in [2.05, 4.69) is 24.9 Å². The van der Waals surface area contributed by atoms with Crippen LogP contribution in [0.25, 0.3) is 0 Å². The van der Waals surface area contributed by atoms with E-state index in [1.807, 2.05) is 40.1 Å². The average Bonchev–Trinajstić information content (AvgIpc) is 3.68. The van der Waals surface area contributed by atoms with Gasteiger partial charge < -0.3 is 20.4 Å². The van der Waals surface area contributed by atoms with E-state index in [1.165, 1.54) is 0 Å². The molecule has 5 aromatic rings. The van der Waals surface area contributed by atoms with Crippen LogP contribution in [0.1, 0.15) is 99.1 Å². The number of nitrogen functional groups attached to an aromatic ring is 1. The summed E-state index contributed by atoms with van der Waals surface area (Å²) >= 11 is 24.6. The Morgan fingerprint density at radius 2 is 1.00 bits per heavy atom. The van der Waals surface area contributed by atoms with Crippen LogP contribution in [0.2, 0.25) is 20.1 Å². The van der Waals surface area contributed by atoms with Gasteiger partial charge in [-0.15, -0.1) is 0 Å². The summed E-state index contributed by atoms with van der Waals surface area (Å²) < 4.78 is 0. The van der Waals surface area contributed by atoms with Crippen molar-refractivity contribution in [3.8, 4) is 0 Å². The first-order chi connectivity index (χ1) is 36.7. The number of pyridine rings is 2. The quantitative estimate of drug-likeness (QED) is 0.0545. The molecule has 0 atom stereocenters. The Kier molecular flexibility index (Phi) is 18.1. The van der Waals surface area contributed by atoms with Gasteiger partial charge in [-0.3, -0.25) is 33.8 Å². The lowest BCUT2D eigenvalue weighted by molar-refractivity contribution is -0.139. The number of fused-ring (bicyclic) bond motifs is 1. The third kappa shape index (κ3) is 13.2. The van der Waals surface area contributed by atoms with Crippen molar-refractivity contribution in [2.75, 3.05) is 70.1 Å². The van der Waals surface area contributed by atoms with Crippen LogP contribution < -0.4 is 10.6 Å². The zero-order chi connectivity index (χ0) is 53.5. The minimum atomic E-state index is -0.359. The molecule has 398 valence electrons. The smallest absolute Gasteiger partial charge is 0.267 e. The molecule has 0 saturated carbocycles. The standard InChI is InChI=1S/C32H30Cl2N4O4.C25H31Cl2N5O2/c33-24-16-23(17-25(34)18-24)29(39)21-8-13-37(14-9-21)30(40)22-6-11-36(12-7-22)19-20-5-10-35-28(15-20)38-31(41)26-3-1-2-4-27(26)32(38)42;1-34-30-24(20-13-21(26)15-22(27)14-20)18-5-10-32(11-6-18)25(33)19-3-8-31(9-4-19)16-17-2-7-29-23(28)12-17/h1-5,10,15-18,21-22H,6-9,11-14,19H2;2,7,12-15,18-19H,3-6,8-11,16H2,1H3,(H2,28,29). The number of hydrogen-bond acceptors (Lipinski definition) is 12. The van der Waals surface area contributed by atoms with Gasteiger partial charge in [0.25, 0.3) is 11.8 Å². The maximum atomic E-state index is 13.3. The first-order valence-corrected chi connectivity index (χ1v) is 27.5. The summed E-state index contributed by atoms with van der Waals surface area (Å²) in [6.45, 7) is 7.42. The van der Waals surface area contributed by atoms with Crippen molar-refractivity contribution in [2.45, 2.75) is 64.5 Å². The highest BCUT2D eigenvalue weighted by Crippen LogP contribution is 2.33. The highest BCUT2D eigenvalue weighted by atomic mass is 35.5. The summed E-state index contributed by atoms with van der Waals surface area (Å²) in [5, 5.41) is 6.30. The number of anilines is 2. The highest BCUT2D eigenvalue weighted by molar-refractivity contribution is 6.36. The zero-order valence-electron chi connectivity index (χ0n) is 42.4. The van der Waals surface area contributed by atoms with Crippen LogP contribution in [0.5, 0.6) is 0 Å². The topological polar surface area (TPSA) is 175 Å². The summed E-state index contributed by atoms with van der Waals surface area (Å²) in [6.07, 6.45) is 9.59. The number of nitrogens with zero attached hydrogens (tertiary/aromatic N) is 8. The van der Waals surface area contributed by atoms with Gasteiger partial charge in [0.15, 0.2) is 5.78 Å². The van der Waals surface area contributed by atoms with Crippen LogP contribution in [0, 0.1) is 23.7 Å². The van der Waals surface area contributed by atoms with Gasteiger partial charge in [-0.25, -0.2) is 14.9 Å². The minimum absolute atomic E-state index is 0.0297. The van der Waals surface area contributed by atoms with E-state index in [4.69, 9.17) is 57.0 Å². The van der Waals surface area contributed by atoms with Gasteiger partial charge in [0.05, 0.1) is 16.8 Å². The molecule has 4 saturated heterocycles. The summed E-state index contributed by atoms with van der Waals surface area (Å²) in [5.41, 5.74) is 10.9. The lowest BCUT2D eigenvalue weighted by Gasteiger charge is -2.37. The maximum Gasteiger partial charge on any atom is 0.267 e. The van der Waals surface area contributed by atoms with Crippen LogP contribution in [0.15, 0.2) is 102 Å². The number of Topliss-reactive ketones (excluding diaryl/α,β-unsaturated/α-hetero) is 1. The number of piperidine rings is 4. The van der Waals surface area contributed by atoms with Gasteiger partial charge in [0.2, 0.25) is 11.8 Å². The van der Waals surface area contributed by atoms with Crippen molar-refractivity contribution >= 4 is 93.2 Å². The third-order valence-electron chi connectivity index (χ3n) is 15.2. The average molecular weight is 1110 g/mol. The predicted molar refractivity (Wildman–Crippen MR) is 296 cm³/mol. The Hall–Kier alpha value is -5.94. The number of amides is 4. The van der Waals surface area contributed by atoms with Gasteiger partial charge in [0.1, 0.15) is 18.7 Å². The second-order valence-electron chi connectivity index (χ2n) is 20.2. The van der Waals surface area contributed by atoms with E-state index < -0.39 is 0 Å². The SMILES string of the molecule is CON=C(c1cc(Cl)cc(Cl)c1)C1CCN(C(=O)C2CCN(Cc3ccnc(N)c3)CC2)CC1.O=C(c1cc(Cl)cc(Cl)c1)C1CCN(C(=O)C2CCN(Cc3ccnc(N4C(=O)c5ccccc5C4=O)c3)CC2)CC1. The van der Waals surface area contributed by atoms with Crippen LogP contribution >= 0.6 is 46.4 Å². The molecular weight excluding hydrogens is 1050 g/mol. The Balaban J connectivity index is 0.000000190. The number of ketones is 1. The Bertz CT molecular complexity index is 2910. The van der Waals surface area contributed by atoms with E-state index >= 15 is 0 Å². The normalized spacial score (nSPS) is 18.6. The van der Waals surface area contributed by atoms with Crippen molar-refractivity contribution in [2.24, 2.45) is 28.8 Å². The van der Waals surface area contributed by atoms with Gasteiger partial charge in [-0.2, -0.15) is 0 Å². The largest absolute Gasteiger partial charge is 0.399 e. The number of aromatic nitrogens is 2. The van der Waals surface area contributed by atoms with E-state index in [0.29, 0.717) is 80.9 Å². The second-order valence-corrected chi connectivity index (χ2v) is 22.0. The number of likely N-dealkylation sites (tertiary alicyclic amines) is 4. The Morgan fingerprint density at radius 3 is 1.47 bits per heavy atom. The molecule has 19 heteroatoms. The molecule has 0 bridgehead atoms. The summed E-state index contributed by atoms with van der Waals surface area (Å²) in [7, 11) is 1.54. The summed E-state index contributed by atoms with van der Waals surface area (Å²) in [6, 6.07) is 24.7. The number of imide groups is 1. The van der Waals surface area contributed by atoms with Crippen molar-refractivity contribution in [1.29, 1.82) is 0 Å². The predicted octanol–water partition coefficient (Wildman–Crippen LogP) is 9.99. The summed E-state index contributed by atoms with van der Waals surface area (Å²) in [4.78, 5) is 88.5. The molecule has 4 amide bonds. The molecule has 0 aliphatic carbocycles. The molecule has 0 unspecified atom stereocenters. The molecule has 15 nitrogen and oxygen atoms in total. The fraction of sp³-hybridized carbons (Fsp3) is 0.404. The lowest BCUT2D eigenvalue weighted by Crippen LogP contribution is -2.46. The van der Waals surface area contributed by atoms with Gasteiger partial charge in [0, 0.05) is 107 Å². The molecule has 4 fully saturated rings. The van der Waals surface area contributed by atoms with Crippen LogP contribution in [0.4, 0.5) is 11.6 Å². The van der Waals surface area contributed by atoms with Crippen molar-refractivity contribution in [3.63, 3.8) is 0 Å². The third-order valence-corrected chi connectivity index (χ3v) is 16.1. The van der Waals surface area contributed by atoms with Crippen molar-refractivity contribution < 1.29 is 28.8 Å². The first kappa shape index (κ1) is 54.8. The fourth-order valence-corrected chi connectivity index (χ4v) is 12.3. The molecule has 76 heavy (non-hydrogen) atoms. The molecule has 3 aromatic carbocycles. The zero-order valence-corrected chi connectivity index (χ0v) is 45.4. The number of halogens is 4. The maximum absolute atomic E-state index is 13.3. The summed E-state index contributed by atoms with van der Waals surface area (Å²) in [5.74, 6) is 0.730. The van der Waals surface area contributed by atoms with E-state index in [0.717, 1.165) is 112 Å². The number of hydrogen-bond donors (Lipinski definition) is 1. The number of benzene rings is 3. The Labute approximate surface area is 463 Å². The second kappa shape index (κ2) is 25.0. The van der Waals surface area contributed by atoms with Crippen molar-refractivity contribution in [1.82, 2.24) is 29.6 Å². The fourth-order valence-electron chi connectivity index (χ4n) is 11.2. The van der Waals surface area contributed by atoms with Gasteiger partial charge in [-0.1, -0.05) is 63.7 Å². The molecular formula is C57H61Cl4N9O6. The number of carbonyl (C=O) groups excluding carboxylic acids is 5. The highest BCUT2D eigenvalue weighted by Gasteiger charge is 2.38. The number of rotatable bonds is 12. The molecule has 5 aliphatic rings. The van der Waals surface area contributed by atoms with E-state index in [1.54, 1.807) is 74.1 Å². The molecule has 0 radical (unpaired) electrons. The van der Waals surface area contributed by atoms with Gasteiger partial charge in [-0.05, 0) is 161 Å². The van der Waals surface area contributed by atoms with E-state index in [9.17, 15) is 24.0 Å². The molecule has 0 spiro atoms. The monoisotopic (exact) mass is 1110 g/mol. The number of carbonyl (C=O) groups is 5. The molecule has 10 rings (SSSR count). The molecule has 2 aromatic heterocycles. The minimum Gasteiger partial charge on any atom is -0.399 e. The lowest BCUT2D eigenvalue weighted by atomic mass is 9.87. The number of oxime groups is 1. The van der Waals surface area contributed by atoms with Crippen molar-refractivity contribution in [3.05, 3.63) is 151 Å². The van der Waals surface area contributed by atoms with Crippen LogP contribution in [0.3, 0.4) is 0 Å². The van der Waals surface area contributed by atoms with Gasteiger partial charge >= 0.3 is 0 Å². The molecule has 5 aliphatic heterocycles. The Morgan fingerprint density at radius 1 is 0.566 bits per heavy atom. The first-order valence-electron chi connectivity index (χ1n) is 25.9. The van der Waals surface area contributed by atoms with Crippen LogP contribution in [-0.4, -0.2) is 124 Å². The number of nitrogens with two attached hydrogens (primary N) is 1. The molecule has 2 N–H and O–H groups in total. The molecule has 7 heterocycles. The van der Waals surface area contributed by atoms with E-state index in [-0.39, 0.29) is 53.1 Å². The van der Waals surface area contributed by atoms with Crippen LogP contribution in [-0.2, 0) is 27.5 Å².